The lowest BCUT2D eigenvalue weighted by Crippen LogP contribution is -2.28. The van der Waals surface area contributed by atoms with E-state index in [1.807, 2.05) is 35.2 Å². The Labute approximate surface area is 156 Å². The fourth-order valence-electron chi connectivity index (χ4n) is 3.25. The van der Waals surface area contributed by atoms with Gasteiger partial charge in [-0.15, -0.1) is 11.3 Å². The summed E-state index contributed by atoms with van der Waals surface area (Å²) in [7, 11) is 0. The fourth-order valence-corrected chi connectivity index (χ4v) is 4.37. The van der Waals surface area contributed by atoms with Gasteiger partial charge in [0.2, 0.25) is 5.91 Å². The zero-order valence-corrected chi connectivity index (χ0v) is 14.9. The highest BCUT2D eigenvalue weighted by Gasteiger charge is 2.31. The summed E-state index contributed by atoms with van der Waals surface area (Å²) in [6, 6.07) is 17.4. The van der Waals surface area contributed by atoms with Crippen LogP contribution in [0.5, 0.6) is 0 Å². The van der Waals surface area contributed by atoms with E-state index in [1.54, 1.807) is 35.6 Å². The monoisotopic (exact) mass is 359 g/mol. The van der Waals surface area contributed by atoms with Gasteiger partial charge < -0.3 is 4.90 Å². The van der Waals surface area contributed by atoms with Gasteiger partial charge in [0, 0.05) is 12.6 Å². The molecule has 1 aliphatic rings. The van der Waals surface area contributed by atoms with Crippen LogP contribution in [0.3, 0.4) is 0 Å². The Kier molecular flexibility index (Phi) is 4.51. The van der Waals surface area contributed by atoms with Crippen molar-refractivity contribution in [3.05, 3.63) is 70.7 Å². The van der Waals surface area contributed by atoms with E-state index in [2.05, 4.69) is 12.1 Å². The molecule has 3 aromatic rings. The first-order valence-corrected chi connectivity index (χ1v) is 9.40. The van der Waals surface area contributed by atoms with Crippen LogP contribution in [0.15, 0.2) is 54.6 Å². The summed E-state index contributed by atoms with van der Waals surface area (Å²) in [6.45, 7) is 0.761. The second-order valence-electron chi connectivity index (χ2n) is 6.28. The van der Waals surface area contributed by atoms with Crippen LogP contribution in [0.4, 0.5) is 0 Å². The number of nitrogens with zero attached hydrogens (tertiary/aromatic N) is 3. The van der Waals surface area contributed by atoms with E-state index in [1.165, 1.54) is 0 Å². The molecule has 4 nitrogen and oxygen atoms in total. The lowest BCUT2D eigenvalue weighted by molar-refractivity contribution is -0.126. The lowest BCUT2D eigenvalue weighted by atomic mass is 10.1. The molecule has 0 spiro atoms. The summed E-state index contributed by atoms with van der Waals surface area (Å²) in [5.74, 6) is 0.0103. The summed E-state index contributed by atoms with van der Waals surface area (Å²) in [4.78, 5) is 19.4. The van der Waals surface area contributed by atoms with Gasteiger partial charge in [0.25, 0.3) is 0 Å². The summed E-state index contributed by atoms with van der Waals surface area (Å²) >= 11 is 1.67. The van der Waals surface area contributed by atoms with Gasteiger partial charge in [-0.2, -0.15) is 5.26 Å². The van der Waals surface area contributed by atoms with Gasteiger partial charge in [0.15, 0.2) is 0 Å². The van der Waals surface area contributed by atoms with Crippen LogP contribution in [0.2, 0.25) is 0 Å². The maximum absolute atomic E-state index is 12.7. The second-order valence-corrected chi connectivity index (χ2v) is 7.34. The van der Waals surface area contributed by atoms with Crippen molar-refractivity contribution in [2.45, 2.75) is 18.9 Å². The molecule has 0 aliphatic carbocycles. The molecule has 0 saturated carbocycles. The summed E-state index contributed by atoms with van der Waals surface area (Å²) in [5.41, 5.74) is 2.52. The third kappa shape index (κ3) is 3.24. The van der Waals surface area contributed by atoms with Crippen LogP contribution in [0.1, 0.15) is 35.0 Å². The number of likely N-dealkylation sites (tertiary alicyclic amines) is 1. The molecule has 0 bridgehead atoms. The number of fused-ring (bicyclic) bond motifs is 1. The van der Waals surface area contributed by atoms with E-state index in [9.17, 15) is 4.79 Å². The van der Waals surface area contributed by atoms with Crippen molar-refractivity contribution in [3.8, 4) is 6.07 Å². The van der Waals surface area contributed by atoms with Crippen molar-refractivity contribution < 1.29 is 4.79 Å². The van der Waals surface area contributed by atoms with E-state index in [0.717, 1.165) is 40.2 Å². The Hall–Kier alpha value is -2.97. The quantitative estimate of drug-likeness (QED) is 0.645. The Bertz CT molecular complexity index is 981. The largest absolute Gasteiger partial charge is 0.330 e. The van der Waals surface area contributed by atoms with Gasteiger partial charge in [-0.1, -0.05) is 24.3 Å². The van der Waals surface area contributed by atoms with Crippen LogP contribution in [0.25, 0.3) is 16.3 Å². The molecule has 1 fully saturated rings. The highest BCUT2D eigenvalue weighted by Crippen LogP contribution is 2.36. The van der Waals surface area contributed by atoms with Gasteiger partial charge in [0.1, 0.15) is 5.01 Å². The van der Waals surface area contributed by atoms with Gasteiger partial charge in [0.05, 0.1) is 27.9 Å². The first kappa shape index (κ1) is 16.5. The normalized spacial score (nSPS) is 17.0. The maximum Gasteiger partial charge on any atom is 0.247 e. The number of carbonyl (C=O) groups is 1. The first-order chi connectivity index (χ1) is 12.7. The van der Waals surface area contributed by atoms with Crippen molar-refractivity contribution in [1.82, 2.24) is 9.88 Å². The zero-order chi connectivity index (χ0) is 17.9. The molecular formula is C21H17N3OS. The number of aromatic nitrogens is 1. The molecule has 2 heterocycles. The van der Waals surface area contributed by atoms with E-state index in [0.29, 0.717) is 5.56 Å². The molecule has 1 amide bonds. The van der Waals surface area contributed by atoms with Gasteiger partial charge in [-0.05, 0) is 48.7 Å². The zero-order valence-electron chi connectivity index (χ0n) is 14.1. The number of carbonyl (C=O) groups excluding carboxylic acids is 1. The minimum Gasteiger partial charge on any atom is -0.330 e. The number of hydrogen-bond acceptors (Lipinski definition) is 4. The predicted molar refractivity (Wildman–Crippen MR) is 103 cm³/mol. The van der Waals surface area contributed by atoms with Crippen LogP contribution in [-0.2, 0) is 4.79 Å². The van der Waals surface area contributed by atoms with Crippen molar-refractivity contribution in [2.24, 2.45) is 0 Å². The molecule has 2 aromatic carbocycles. The Morgan fingerprint density at radius 1 is 1.23 bits per heavy atom. The molecule has 1 saturated heterocycles. The molecular weight excluding hydrogens is 342 g/mol. The van der Waals surface area contributed by atoms with Crippen LogP contribution in [-0.4, -0.2) is 22.3 Å². The van der Waals surface area contributed by atoms with E-state index < -0.39 is 0 Å². The third-order valence-corrected chi connectivity index (χ3v) is 5.73. The highest BCUT2D eigenvalue weighted by molar-refractivity contribution is 7.18. The highest BCUT2D eigenvalue weighted by atomic mass is 32.1. The number of benzene rings is 2. The molecule has 26 heavy (non-hydrogen) atoms. The smallest absolute Gasteiger partial charge is 0.247 e. The maximum atomic E-state index is 12.7. The molecule has 1 atom stereocenters. The van der Waals surface area contributed by atoms with E-state index >= 15 is 0 Å². The van der Waals surface area contributed by atoms with Crippen LogP contribution >= 0.6 is 11.3 Å². The van der Waals surface area contributed by atoms with Crippen molar-refractivity contribution in [2.75, 3.05) is 6.54 Å². The summed E-state index contributed by atoms with van der Waals surface area (Å²) < 4.78 is 1.16. The molecule has 5 heteroatoms. The minimum atomic E-state index is 0.0103. The number of hydrogen-bond donors (Lipinski definition) is 0. The van der Waals surface area contributed by atoms with Crippen molar-refractivity contribution in [1.29, 1.82) is 5.26 Å². The lowest BCUT2D eigenvalue weighted by Gasteiger charge is -2.21. The van der Waals surface area contributed by atoms with E-state index in [-0.39, 0.29) is 11.9 Å². The predicted octanol–water partition coefficient (Wildman–Crippen LogP) is 4.54. The van der Waals surface area contributed by atoms with Gasteiger partial charge in [-0.3, -0.25) is 4.79 Å². The van der Waals surface area contributed by atoms with E-state index in [4.69, 9.17) is 10.2 Å². The number of amides is 1. The third-order valence-electron chi connectivity index (χ3n) is 4.59. The average molecular weight is 359 g/mol. The SMILES string of the molecule is N#Cc1ccc(/C=C/C(=O)N2CCCC2c2nc3ccccc3s2)cc1. The summed E-state index contributed by atoms with van der Waals surface area (Å²) in [6.07, 6.45) is 5.37. The molecule has 1 aromatic heterocycles. The fraction of sp³-hybridized carbons (Fsp3) is 0.190. The number of nitriles is 1. The molecule has 1 aliphatic heterocycles. The molecule has 128 valence electrons. The Morgan fingerprint density at radius 2 is 2.04 bits per heavy atom. The van der Waals surface area contributed by atoms with Crippen molar-refractivity contribution in [3.63, 3.8) is 0 Å². The topological polar surface area (TPSA) is 57.0 Å². The van der Waals surface area contributed by atoms with Crippen LogP contribution < -0.4 is 0 Å². The summed E-state index contributed by atoms with van der Waals surface area (Å²) in [5, 5.41) is 9.86. The van der Waals surface area contributed by atoms with Gasteiger partial charge >= 0.3 is 0 Å². The standard InChI is InChI=1S/C21H17N3OS/c22-14-16-9-7-15(8-10-16)11-12-20(25)24-13-3-5-18(24)21-23-17-4-1-2-6-19(17)26-21/h1-2,4,6-12,18H,3,5,13H2/b12-11+. The Balaban J connectivity index is 1.52. The Morgan fingerprint density at radius 3 is 2.81 bits per heavy atom. The minimum absolute atomic E-state index is 0.0103. The first-order valence-electron chi connectivity index (χ1n) is 8.59. The second kappa shape index (κ2) is 7.11. The van der Waals surface area contributed by atoms with Crippen LogP contribution in [0, 0.1) is 11.3 Å². The van der Waals surface area contributed by atoms with Crippen molar-refractivity contribution >= 4 is 33.5 Å². The number of para-hydroxylation sites is 1. The average Bonchev–Trinajstić information content (AvgIpc) is 3.32. The number of thiazole rings is 1. The molecule has 0 radical (unpaired) electrons. The molecule has 0 N–H and O–H groups in total. The molecule has 1 unspecified atom stereocenters. The molecule has 4 rings (SSSR count). The number of rotatable bonds is 3. The van der Waals surface area contributed by atoms with Gasteiger partial charge in [-0.25, -0.2) is 4.98 Å².